The van der Waals surface area contributed by atoms with Crippen molar-refractivity contribution < 1.29 is 9.18 Å². The Balaban J connectivity index is 1.71. The molecule has 1 aromatic carbocycles. The average Bonchev–Trinajstić information content (AvgIpc) is 3.05. The predicted molar refractivity (Wildman–Crippen MR) is 88.1 cm³/mol. The van der Waals surface area contributed by atoms with E-state index in [9.17, 15) is 9.18 Å². The van der Waals surface area contributed by atoms with E-state index in [1.165, 1.54) is 12.1 Å². The summed E-state index contributed by atoms with van der Waals surface area (Å²) in [4.78, 5) is 12.5. The van der Waals surface area contributed by atoms with Crippen LogP contribution in [0.3, 0.4) is 0 Å². The van der Waals surface area contributed by atoms with Crippen molar-refractivity contribution in [3.8, 4) is 0 Å². The molecule has 2 aromatic rings. The number of piperidine rings is 1. The van der Waals surface area contributed by atoms with E-state index in [-0.39, 0.29) is 23.5 Å². The van der Waals surface area contributed by atoms with Gasteiger partial charge in [0.2, 0.25) is 0 Å². The Labute approximate surface area is 140 Å². The largest absolute Gasteiger partial charge is 0.342 e. The smallest absolute Gasteiger partial charge is 0.274 e. The number of amides is 1. The molecule has 3 rings (SSSR count). The fourth-order valence-corrected chi connectivity index (χ4v) is 2.93. The van der Waals surface area contributed by atoms with Gasteiger partial charge in [0.25, 0.3) is 5.91 Å². The number of rotatable bonds is 4. The third-order valence-electron chi connectivity index (χ3n) is 4.40. The fraction of sp³-hybridized carbons (Fsp3) is 0.471. The average molecular weight is 331 g/mol. The number of benzene rings is 1. The topological polar surface area (TPSA) is 71.8 Å². The van der Waals surface area contributed by atoms with Crippen molar-refractivity contribution in [2.24, 2.45) is 0 Å². The Hall–Kier alpha value is -2.28. The molecular formula is C17H22FN5O. The predicted octanol–water partition coefficient (Wildman–Crippen LogP) is 2.01. The number of carbonyl (C=O) groups excluding carboxylic acids is 1. The van der Waals surface area contributed by atoms with Gasteiger partial charge < -0.3 is 10.6 Å². The molecule has 0 spiro atoms. The van der Waals surface area contributed by atoms with Crippen molar-refractivity contribution in [2.75, 3.05) is 13.1 Å². The molecule has 128 valence electrons. The number of nitrogens with one attached hydrogen (secondary N) is 2. The van der Waals surface area contributed by atoms with Crippen LogP contribution in [-0.2, 0) is 5.54 Å². The minimum atomic E-state index is -0.711. The van der Waals surface area contributed by atoms with Crippen molar-refractivity contribution in [1.29, 1.82) is 0 Å². The van der Waals surface area contributed by atoms with Gasteiger partial charge in [0, 0.05) is 0 Å². The second kappa shape index (κ2) is 6.68. The maximum Gasteiger partial charge on any atom is 0.274 e. The molecular weight excluding hydrogens is 309 g/mol. The van der Waals surface area contributed by atoms with Crippen LogP contribution in [0.15, 0.2) is 30.5 Å². The van der Waals surface area contributed by atoms with Crippen LogP contribution >= 0.6 is 0 Å². The lowest BCUT2D eigenvalue weighted by Gasteiger charge is -2.26. The maximum absolute atomic E-state index is 13.4. The number of halogens is 1. The van der Waals surface area contributed by atoms with Crippen LogP contribution in [-0.4, -0.2) is 34.0 Å². The lowest BCUT2D eigenvalue weighted by molar-refractivity contribution is 0.0906. The molecule has 1 aliphatic rings. The summed E-state index contributed by atoms with van der Waals surface area (Å²) in [5, 5.41) is 14.3. The van der Waals surface area contributed by atoms with Crippen LogP contribution < -0.4 is 10.6 Å². The molecule has 0 radical (unpaired) electrons. The van der Waals surface area contributed by atoms with Gasteiger partial charge in [-0.25, -0.2) is 9.07 Å². The number of aromatic nitrogens is 3. The molecule has 1 amide bonds. The summed E-state index contributed by atoms with van der Waals surface area (Å²) in [5.41, 5.74) is 0.261. The van der Waals surface area contributed by atoms with Crippen LogP contribution in [0.5, 0.6) is 0 Å². The van der Waals surface area contributed by atoms with Gasteiger partial charge in [-0.2, -0.15) is 0 Å². The second-order valence-electron chi connectivity index (χ2n) is 6.65. The molecule has 0 bridgehead atoms. The summed E-state index contributed by atoms with van der Waals surface area (Å²) in [6, 6.07) is 6.50. The van der Waals surface area contributed by atoms with E-state index >= 15 is 0 Å². The summed E-state index contributed by atoms with van der Waals surface area (Å²) < 4.78 is 15.2. The second-order valence-corrected chi connectivity index (χ2v) is 6.65. The summed E-state index contributed by atoms with van der Waals surface area (Å²) in [6.45, 7) is 5.55. The molecule has 0 atom stereocenters. The van der Waals surface area contributed by atoms with Gasteiger partial charge in [-0.3, -0.25) is 4.79 Å². The van der Waals surface area contributed by atoms with E-state index in [0.717, 1.165) is 25.9 Å². The number of carbonyl (C=O) groups is 1. The number of hydrogen-bond acceptors (Lipinski definition) is 4. The molecule has 24 heavy (non-hydrogen) atoms. The first-order valence-electron chi connectivity index (χ1n) is 8.17. The van der Waals surface area contributed by atoms with Crippen molar-refractivity contribution in [3.05, 3.63) is 47.5 Å². The molecule has 2 heterocycles. The van der Waals surface area contributed by atoms with E-state index in [1.54, 1.807) is 23.0 Å². The highest BCUT2D eigenvalue weighted by molar-refractivity contribution is 5.92. The number of nitrogens with zero attached hydrogens (tertiary/aromatic N) is 3. The Bertz CT molecular complexity index is 721. The Kier molecular flexibility index (Phi) is 4.62. The molecule has 0 saturated carbocycles. The van der Waals surface area contributed by atoms with Crippen LogP contribution in [0.2, 0.25) is 0 Å². The normalized spacial score (nSPS) is 16.1. The zero-order chi connectivity index (χ0) is 17.2. The van der Waals surface area contributed by atoms with Crippen LogP contribution in [0, 0.1) is 5.82 Å². The molecule has 1 aromatic heterocycles. The van der Waals surface area contributed by atoms with Crippen LogP contribution in [0.4, 0.5) is 4.39 Å². The van der Waals surface area contributed by atoms with Gasteiger partial charge in [-0.05, 0) is 57.5 Å². The molecule has 1 fully saturated rings. The van der Waals surface area contributed by atoms with Gasteiger partial charge in [0.1, 0.15) is 5.82 Å². The summed E-state index contributed by atoms with van der Waals surface area (Å²) in [6.07, 6.45) is 3.63. The van der Waals surface area contributed by atoms with Gasteiger partial charge >= 0.3 is 0 Å². The molecule has 1 aliphatic heterocycles. The van der Waals surface area contributed by atoms with Gasteiger partial charge in [0.05, 0.1) is 17.8 Å². The SMILES string of the molecule is CC(C)(NC(=O)c1cn(C2CCNCC2)nn1)c1cccc(F)c1. The zero-order valence-corrected chi connectivity index (χ0v) is 13.9. The molecule has 0 unspecified atom stereocenters. The summed E-state index contributed by atoms with van der Waals surface area (Å²) >= 11 is 0. The first-order chi connectivity index (χ1) is 11.5. The zero-order valence-electron chi connectivity index (χ0n) is 13.9. The Morgan fingerprint density at radius 3 is 2.83 bits per heavy atom. The highest BCUT2D eigenvalue weighted by atomic mass is 19.1. The number of hydrogen-bond donors (Lipinski definition) is 2. The van der Waals surface area contributed by atoms with E-state index in [0.29, 0.717) is 5.56 Å². The van der Waals surface area contributed by atoms with E-state index < -0.39 is 5.54 Å². The first-order valence-corrected chi connectivity index (χ1v) is 8.17. The first kappa shape index (κ1) is 16.6. The van der Waals surface area contributed by atoms with E-state index in [4.69, 9.17) is 0 Å². The molecule has 0 aliphatic carbocycles. The third-order valence-corrected chi connectivity index (χ3v) is 4.40. The van der Waals surface area contributed by atoms with Crippen LogP contribution in [0.25, 0.3) is 0 Å². The lowest BCUT2D eigenvalue weighted by atomic mass is 9.94. The highest BCUT2D eigenvalue weighted by Crippen LogP contribution is 2.22. The Morgan fingerprint density at radius 2 is 2.12 bits per heavy atom. The van der Waals surface area contributed by atoms with Crippen molar-refractivity contribution in [2.45, 2.75) is 38.3 Å². The third kappa shape index (κ3) is 3.62. The van der Waals surface area contributed by atoms with Gasteiger partial charge in [-0.15, -0.1) is 5.10 Å². The minimum Gasteiger partial charge on any atom is -0.342 e. The van der Waals surface area contributed by atoms with Gasteiger partial charge in [0.15, 0.2) is 5.69 Å². The quantitative estimate of drug-likeness (QED) is 0.899. The van der Waals surface area contributed by atoms with Crippen molar-refractivity contribution in [3.63, 3.8) is 0 Å². The van der Waals surface area contributed by atoms with E-state index in [2.05, 4.69) is 20.9 Å². The van der Waals surface area contributed by atoms with E-state index in [1.807, 2.05) is 13.8 Å². The summed E-state index contributed by atoms with van der Waals surface area (Å²) in [7, 11) is 0. The molecule has 2 N–H and O–H groups in total. The van der Waals surface area contributed by atoms with Crippen molar-refractivity contribution in [1.82, 2.24) is 25.6 Å². The molecule has 6 nitrogen and oxygen atoms in total. The van der Waals surface area contributed by atoms with Gasteiger partial charge in [-0.1, -0.05) is 17.3 Å². The highest BCUT2D eigenvalue weighted by Gasteiger charge is 2.26. The lowest BCUT2D eigenvalue weighted by Crippen LogP contribution is -2.41. The van der Waals surface area contributed by atoms with Crippen LogP contribution in [0.1, 0.15) is 48.8 Å². The molecule has 1 saturated heterocycles. The van der Waals surface area contributed by atoms with Crippen molar-refractivity contribution >= 4 is 5.91 Å². The summed E-state index contributed by atoms with van der Waals surface area (Å²) in [5.74, 6) is -0.642. The minimum absolute atomic E-state index is 0.275. The Morgan fingerprint density at radius 1 is 1.38 bits per heavy atom. The fourth-order valence-electron chi connectivity index (χ4n) is 2.93. The standard InChI is InChI=1S/C17H22FN5O/c1-17(2,12-4-3-5-13(18)10-12)20-16(24)15-11-23(22-21-15)14-6-8-19-9-7-14/h3-5,10-11,14,19H,6-9H2,1-2H3,(H,20,24). The monoisotopic (exact) mass is 331 g/mol. The maximum atomic E-state index is 13.4. The molecule has 7 heteroatoms.